The van der Waals surface area contributed by atoms with Gasteiger partial charge in [0.05, 0.1) is 29.8 Å². The van der Waals surface area contributed by atoms with Crippen molar-refractivity contribution in [3.05, 3.63) is 15.6 Å². The number of thiazole rings is 1. The number of hydrogen-bond donors (Lipinski definition) is 2. The van der Waals surface area contributed by atoms with Crippen LogP contribution in [0.25, 0.3) is 0 Å². The zero-order valence-corrected chi connectivity index (χ0v) is 24.9. The number of sulfone groups is 1. The molecule has 2 fully saturated rings. The minimum Gasteiger partial charge on any atom is -0.392 e. The molecule has 3 aliphatic rings. The Bertz CT molecular complexity index is 1080. The Morgan fingerprint density at radius 3 is 2.65 bits per heavy atom. The fourth-order valence-corrected chi connectivity index (χ4v) is 9.25. The summed E-state index contributed by atoms with van der Waals surface area (Å²) in [7, 11) is -3.32. The van der Waals surface area contributed by atoms with Crippen molar-refractivity contribution in [2.75, 3.05) is 39.4 Å². The topological polar surface area (TPSA) is 109 Å². The number of nitrogens with zero attached hydrogens (tertiary/aromatic N) is 2. The molecule has 1 aliphatic heterocycles. The van der Waals surface area contributed by atoms with Gasteiger partial charge in [-0.05, 0) is 57.3 Å². The van der Waals surface area contributed by atoms with E-state index >= 15 is 0 Å². The molecule has 1 saturated carbocycles. The molecule has 8 nitrogen and oxygen atoms in total. The Morgan fingerprint density at radius 1 is 1.32 bits per heavy atom. The number of aliphatic hydroxyl groups excluding tert-OH is 1. The molecule has 1 saturated heterocycles. The van der Waals surface area contributed by atoms with E-state index in [-0.39, 0.29) is 40.7 Å². The highest BCUT2D eigenvalue weighted by Gasteiger charge is 2.54. The van der Waals surface area contributed by atoms with Crippen molar-refractivity contribution in [2.45, 2.75) is 83.3 Å². The van der Waals surface area contributed by atoms with E-state index in [2.05, 4.69) is 24.1 Å². The van der Waals surface area contributed by atoms with Gasteiger partial charge in [-0.25, -0.2) is 13.4 Å². The first-order valence-electron chi connectivity index (χ1n) is 13.7. The minimum atomic E-state index is -3.32. The summed E-state index contributed by atoms with van der Waals surface area (Å²) >= 11 is 1.52. The van der Waals surface area contributed by atoms with Crippen molar-refractivity contribution in [2.24, 2.45) is 23.2 Å². The van der Waals surface area contributed by atoms with E-state index in [0.29, 0.717) is 11.6 Å². The molecule has 210 valence electrons. The Labute approximate surface area is 226 Å². The van der Waals surface area contributed by atoms with Crippen LogP contribution in [0.15, 0.2) is 0 Å². The quantitative estimate of drug-likeness (QED) is 0.532. The van der Waals surface area contributed by atoms with E-state index in [1.165, 1.54) is 11.3 Å². The number of carbonyl (C=O) groups excluding carboxylic acids is 1. The van der Waals surface area contributed by atoms with Gasteiger partial charge in [-0.2, -0.15) is 0 Å². The number of nitrogens with one attached hydrogen (secondary N) is 1. The fraction of sp³-hybridized carbons (Fsp3) is 0.852. The number of carbonyl (C=O) groups is 1. The second-order valence-corrected chi connectivity index (χ2v) is 16.6. The van der Waals surface area contributed by atoms with Gasteiger partial charge < -0.3 is 15.2 Å². The largest absolute Gasteiger partial charge is 0.392 e. The summed E-state index contributed by atoms with van der Waals surface area (Å²) in [6, 6.07) is 0. The Hall–Kier alpha value is -1.07. The van der Waals surface area contributed by atoms with Crippen LogP contribution in [0.4, 0.5) is 0 Å². The smallest absolute Gasteiger partial charge is 0.223 e. The lowest BCUT2D eigenvalue weighted by Crippen LogP contribution is -2.53. The van der Waals surface area contributed by atoms with Gasteiger partial charge in [-0.3, -0.25) is 9.69 Å². The maximum atomic E-state index is 13.0. The molecule has 0 aromatic carbocycles. The summed E-state index contributed by atoms with van der Waals surface area (Å²) in [5.74, 6) is -0.434. The Morgan fingerprint density at radius 2 is 2.00 bits per heavy atom. The lowest BCUT2D eigenvalue weighted by molar-refractivity contribution is -0.134. The third kappa shape index (κ3) is 5.93. The normalized spacial score (nSPS) is 31.9. The van der Waals surface area contributed by atoms with Gasteiger partial charge in [0, 0.05) is 42.9 Å². The summed E-state index contributed by atoms with van der Waals surface area (Å²) in [4.78, 5) is 21.3. The van der Waals surface area contributed by atoms with Crippen LogP contribution in [0.1, 0.15) is 75.9 Å². The molecule has 6 atom stereocenters. The van der Waals surface area contributed by atoms with Crippen molar-refractivity contribution in [3.63, 3.8) is 0 Å². The van der Waals surface area contributed by atoms with E-state index in [1.807, 2.05) is 6.92 Å². The molecule has 1 aromatic heterocycles. The Balaban J connectivity index is 1.44. The predicted octanol–water partition coefficient (Wildman–Crippen LogP) is 2.99. The molecule has 0 spiro atoms. The zero-order valence-electron chi connectivity index (χ0n) is 23.2. The van der Waals surface area contributed by atoms with Crippen molar-refractivity contribution in [3.8, 4) is 0 Å². The number of rotatable bonds is 7. The molecule has 1 amide bonds. The van der Waals surface area contributed by atoms with Crippen LogP contribution in [0.2, 0.25) is 0 Å². The first-order chi connectivity index (χ1) is 17.2. The van der Waals surface area contributed by atoms with Crippen LogP contribution in [-0.2, 0) is 31.5 Å². The minimum absolute atomic E-state index is 0.00507. The highest BCUT2D eigenvalue weighted by atomic mass is 32.2. The summed E-state index contributed by atoms with van der Waals surface area (Å²) in [6.45, 7) is 16.2. The number of aliphatic hydroxyl groups is 1. The van der Waals surface area contributed by atoms with Gasteiger partial charge >= 0.3 is 0 Å². The number of amides is 1. The number of ether oxygens (including phenoxy) is 1. The predicted molar refractivity (Wildman–Crippen MR) is 146 cm³/mol. The molecule has 37 heavy (non-hydrogen) atoms. The lowest BCUT2D eigenvalue weighted by Gasteiger charge is -2.53. The van der Waals surface area contributed by atoms with Crippen LogP contribution in [0.3, 0.4) is 0 Å². The second-order valence-electron chi connectivity index (χ2n) is 12.7. The van der Waals surface area contributed by atoms with Gasteiger partial charge in [-0.1, -0.05) is 20.8 Å². The summed E-state index contributed by atoms with van der Waals surface area (Å²) < 4.78 is 30.2. The van der Waals surface area contributed by atoms with E-state index in [4.69, 9.17) is 9.72 Å². The van der Waals surface area contributed by atoms with Crippen molar-refractivity contribution in [1.82, 2.24) is 15.2 Å². The average Bonchev–Trinajstić information content (AvgIpc) is 3.19. The highest BCUT2D eigenvalue weighted by Crippen LogP contribution is 2.57. The summed E-state index contributed by atoms with van der Waals surface area (Å²) in [5, 5.41) is 15.4. The van der Waals surface area contributed by atoms with Gasteiger partial charge in [0.2, 0.25) is 5.91 Å². The van der Waals surface area contributed by atoms with E-state index in [0.717, 1.165) is 62.7 Å². The second kappa shape index (κ2) is 10.8. The molecule has 0 unspecified atom stereocenters. The molecular weight excluding hydrogens is 510 g/mol. The Kier molecular flexibility index (Phi) is 8.47. The van der Waals surface area contributed by atoms with E-state index in [9.17, 15) is 18.3 Å². The summed E-state index contributed by atoms with van der Waals surface area (Å²) in [6.07, 6.45) is 1.93. The van der Waals surface area contributed by atoms with Crippen LogP contribution in [0.5, 0.6) is 0 Å². The zero-order chi connectivity index (χ0) is 27.2. The molecule has 10 heteroatoms. The van der Waals surface area contributed by atoms with Gasteiger partial charge in [0.1, 0.15) is 10.8 Å². The van der Waals surface area contributed by atoms with E-state index < -0.39 is 20.7 Å². The van der Waals surface area contributed by atoms with Gasteiger partial charge in [-0.15, -0.1) is 11.3 Å². The molecule has 1 aromatic rings. The molecule has 2 heterocycles. The van der Waals surface area contributed by atoms with Crippen LogP contribution in [-0.4, -0.2) is 79.6 Å². The first kappa shape index (κ1) is 28.9. The molecular formula is C27H45N3O5S2. The average molecular weight is 556 g/mol. The maximum absolute atomic E-state index is 13.0. The van der Waals surface area contributed by atoms with Gasteiger partial charge in [0.15, 0.2) is 9.84 Å². The molecule has 2 aliphatic carbocycles. The van der Waals surface area contributed by atoms with Crippen molar-refractivity contribution >= 4 is 27.1 Å². The third-order valence-corrected chi connectivity index (χ3v) is 12.9. The van der Waals surface area contributed by atoms with Crippen molar-refractivity contribution in [1.29, 1.82) is 0 Å². The standard InChI is InChI=1S/C27H45N3O5S2/c1-17(25(32)28-9-10-30-11-13-35-14-12-30)19-7-8-27(6)15-20-23(18(2)22(27)24(19)31)29-21(36-20)16-37(33,34)26(3,4)5/h17-19,22,24,31H,7-16H2,1-6H3,(H,28,32)/t17-,18-,19+,22+,24-,27-/m0/s1. The molecule has 0 radical (unpaired) electrons. The summed E-state index contributed by atoms with van der Waals surface area (Å²) in [5.41, 5.74) is 0.843. The van der Waals surface area contributed by atoms with Crippen LogP contribution in [0, 0.1) is 23.2 Å². The van der Waals surface area contributed by atoms with Gasteiger partial charge in [0.25, 0.3) is 0 Å². The van der Waals surface area contributed by atoms with Crippen LogP contribution >= 0.6 is 11.3 Å². The number of hydrogen-bond acceptors (Lipinski definition) is 8. The molecule has 0 bridgehead atoms. The SMILES string of the molecule is C[C@H](C(=O)NCCN1CCOCC1)[C@H]1CC[C@@]2(C)Cc3sc(CS(=O)(=O)C(C)(C)C)nc3[C@@H](C)[C@@H]2[C@H]1O. The lowest BCUT2D eigenvalue weighted by atomic mass is 9.53. The monoisotopic (exact) mass is 555 g/mol. The number of fused-ring (bicyclic) bond motifs is 2. The third-order valence-electron chi connectivity index (χ3n) is 9.10. The molecule has 2 N–H and O–H groups in total. The number of aromatic nitrogens is 1. The maximum Gasteiger partial charge on any atom is 0.223 e. The van der Waals surface area contributed by atoms with Crippen LogP contribution < -0.4 is 5.32 Å². The number of morpholine rings is 1. The molecule has 4 rings (SSSR count). The van der Waals surface area contributed by atoms with E-state index in [1.54, 1.807) is 20.8 Å². The van der Waals surface area contributed by atoms with Crippen molar-refractivity contribution < 1.29 is 23.1 Å². The first-order valence-corrected chi connectivity index (χ1v) is 16.2. The fourth-order valence-electron chi connectivity index (χ4n) is 6.56. The highest BCUT2D eigenvalue weighted by molar-refractivity contribution is 7.92.